The molecule has 2 aromatic carbocycles. The summed E-state index contributed by atoms with van der Waals surface area (Å²) in [5.74, 6) is -0.180. The molecular weight excluding hydrogens is 411 g/mol. The molecule has 3 aromatic rings. The van der Waals surface area contributed by atoms with Gasteiger partial charge < -0.3 is 15.2 Å². The smallest absolute Gasteiger partial charge is 0.270 e. The molecule has 1 aliphatic heterocycles. The lowest BCUT2D eigenvalue weighted by Crippen LogP contribution is -2.50. The second-order valence-corrected chi connectivity index (χ2v) is 7.85. The van der Waals surface area contributed by atoms with Gasteiger partial charge in [0.25, 0.3) is 5.91 Å². The van der Waals surface area contributed by atoms with Gasteiger partial charge in [-0.3, -0.25) is 14.5 Å². The first kappa shape index (κ1) is 19.8. The van der Waals surface area contributed by atoms with E-state index in [2.05, 4.69) is 10.3 Å². The lowest BCUT2D eigenvalue weighted by atomic mass is 10.2. The number of nitrogens with zero attached hydrogens (tertiary/aromatic N) is 2. The summed E-state index contributed by atoms with van der Waals surface area (Å²) in [4.78, 5) is 32.1. The quantitative estimate of drug-likeness (QED) is 0.659. The van der Waals surface area contributed by atoms with Crippen molar-refractivity contribution in [2.24, 2.45) is 0 Å². The summed E-state index contributed by atoms with van der Waals surface area (Å²) in [7, 11) is 0. The Morgan fingerprint density at radius 2 is 1.76 bits per heavy atom. The number of piperazine rings is 1. The highest BCUT2D eigenvalue weighted by Crippen LogP contribution is 2.25. The van der Waals surface area contributed by atoms with Gasteiger partial charge in [-0.05, 0) is 30.3 Å². The average molecular weight is 431 g/mol. The van der Waals surface area contributed by atoms with Crippen molar-refractivity contribution in [3.63, 3.8) is 0 Å². The summed E-state index contributed by atoms with van der Waals surface area (Å²) in [6.07, 6.45) is 0. The molecule has 0 saturated carbocycles. The Hall–Kier alpha value is -2.54. The van der Waals surface area contributed by atoms with Gasteiger partial charge in [-0.2, -0.15) is 0 Å². The number of aromatic nitrogens is 1. The average Bonchev–Trinajstić information content (AvgIpc) is 3.15. The van der Waals surface area contributed by atoms with Crippen LogP contribution >= 0.6 is 23.2 Å². The molecule has 0 atom stereocenters. The first-order valence-electron chi connectivity index (χ1n) is 9.34. The molecule has 1 fully saturated rings. The maximum absolute atomic E-state index is 12.8. The maximum atomic E-state index is 12.8. The second kappa shape index (κ2) is 8.45. The number of benzene rings is 2. The van der Waals surface area contributed by atoms with Crippen LogP contribution < -0.4 is 5.32 Å². The number of nitrogens with one attached hydrogen (secondary N) is 2. The van der Waals surface area contributed by atoms with Crippen molar-refractivity contribution >= 4 is 51.6 Å². The molecule has 8 heteroatoms. The Labute approximate surface area is 178 Å². The Kier molecular flexibility index (Phi) is 5.76. The zero-order valence-electron chi connectivity index (χ0n) is 15.6. The summed E-state index contributed by atoms with van der Waals surface area (Å²) < 4.78 is 0. The fourth-order valence-electron chi connectivity index (χ4n) is 3.45. The number of amides is 2. The summed E-state index contributed by atoms with van der Waals surface area (Å²) in [5, 5.41) is 4.76. The van der Waals surface area contributed by atoms with Gasteiger partial charge in [-0.25, -0.2) is 0 Å². The third-order valence-electron chi connectivity index (χ3n) is 4.99. The summed E-state index contributed by atoms with van der Waals surface area (Å²) in [5.41, 5.74) is 2.04. The highest BCUT2D eigenvalue weighted by molar-refractivity contribution is 6.35. The number of hydrogen-bond acceptors (Lipinski definition) is 3. The first-order chi connectivity index (χ1) is 14.0. The van der Waals surface area contributed by atoms with Crippen molar-refractivity contribution < 1.29 is 9.59 Å². The summed E-state index contributed by atoms with van der Waals surface area (Å²) in [6, 6.07) is 14.6. The Morgan fingerprint density at radius 3 is 2.52 bits per heavy atom. The van der Waals surface area contributed by atoms with E-state index in [9.17, 15) is 9.59 Å². The summed E-state index contributed by atoms with van der Waals surface area (Å²) >= 11 is 12.0. The van der Waals surface area contributed by atoms with Gasteiger partial charge >= 0.3 is 0 Å². The van der Waals surface area contributed by atoms with Crippen molar-refractivity contribution in [2.45, 2.75) is 0 Å². The standard InChI is InChI=1S/C21H20Cl2N4O2/c22-15-5-6-16(23)18(12-15)25-20(28)13-26-7-9-27(10-8-26)21(29)19-11-14-3-1-2-4-17(14)24-19/h1-6,11-12,24H,7-10,13H2,(H,25,28). The largest absolute Gasteiger partial charge is 0.351 e. The number of aromatic amines is 1. The SMILES string of the molecule is O=C(CN1CCN(C(=O)c2cc3ccccc3[nH]2)CC1)Nc1cc(Cl)ccc1Cl. The van der Waals surface area contributed by atoms with E-state index in [-0.39, 0.29) is 18.4 Å². The molecule has 1 aliphatic rings. The molecule has 2 heterocycles. The monoisotopic (exact) mass is 430 g/mol. The van der Waals surface area contributed by atoms with Gasteiger partial charge in [0.2, 0.25) is 5.91 Å². The molecule has 0 spiro atoms. The minimum Gasteiger partial charge on any atom is -0.351 e. The molecule has 1 aromatic heterocycles. The first-order valence-corrected chi connectivity index (χ1v) is 10.1. The van der Waals surface area contributed by atoms with E-state index in [4.69, 9.17) is 23.2 Å². The molecule has 0 bridgehead atoms. The number of rotatable bonds is 4. The van der Waals surface area contributed by atoms with Crippen LogP contribution in [-0.4, -0.2) is 59.3 Å². The molecule has 0 unspecified atom stereocenters. The predicted octanol–water partition coefficient (Wildman–Crippen LogP) is 3.87. The van der Waals surface area contributed by atoms with Crippen LogP contribution in [0.15, 0.2) is 48.5 Å². The molecule has 1 saturated heterocycles. The lowest BCUT2D eigenvalue weighted by Gasteiger charge is -2.34. The van der Waals surface area contributed by atoms with Gasteiger partial charge in [-0.1, -0.05) is 41.4 Å². The zero-order chi connectivity index (χ0) is 20.4. The van der Waals surface area contributed by atoms with Gasteiger partial charge in [-0.15, -0.1) is 0 Å². The van der Waals surface area contributed by atoms with Crippen LogP contribution in [0.1, 0.15) is 10.5 Å². The van der Waals surface area contributed by atoms with Crippen LogP contribution in [0, 0.1) is 0 Å². The minimum absolute atomic E-state index is 0.0176. The highest BCUT2D eigenvalue weighted by Gasteiger charge is 2.24. The topological polar surface area (TPSA) is 68.4 Å². The van der Waals surface area contributed by atoms with Crippen LogP contribution in [0.3, 0.4) is 0 Å². The van der Waals surface area contributed by atoms with Crippen LogP contribution in [-0.2, 0) is 4.79 Å². The predicted molar refractivity (Wildman–Crippen MR) is 116 cm³/mol. The van der Waals surface area contributed by atoms with E-state index in [1.807, 2.05) is 40.1 Å². The van der Waals surface area contributed by atoms with Gasteiger partial charge in [0.15, 0.2) is 0 Å². The number of carbonyl (C=O) groups excluding carboxylic acids is 2. The van der Waals surface area contributed by atoms with Crippen LogP contribution in [0.2, 0.25) is 10.0 Å². The van der Waals surface area contributed by atoms with Crippen molar-refractivity contribution in [1.82, 2.24) is 14.8 Å². The fraction of sp³-hybridized carbons (Fsp3) is 0.238. The number of carbonyl (C=O) groups is 2. The fourth-order valence-corrected chi connectivity index (χ4v) is 3.79. The van der Waals surface area contributed by atoms with Crippen LogP contribution in [0.4, 0.5) is 5.69 Å². The van der Waals surface area contributed by atoms with E-state index < -0.39 is 0 Å². The molecule has 0 radical (unpaired) electrons. The Morgan fingerprint density at radius 1 is 1.00 bits per heavy atom. The zero-order valence-corrected chi connectivity index (χ0v) is 17.1. The molecule has 6 nitrogen and oxygen atoms in total. The number of hydrogen-bond donors (Lipinski definition) is 2. The Bertz CT molecular complexity index is 1020. The van der Waals surface area contributed by atoms with Crippen molar-refractivity contribution in [2.75, 3.05) is 38.0 Å². The molecule has 4 rings (SSSR count). The van der Waals surface area contributed by atoms with E-state index in [1.165, 1.54) is 0 Å². The van der Waals surface area contributed by atoms with Gasteiger partial charge in [0, 0.05) is 42.1 Å². The molecular formula is C21H20Cl2N4O2. The molecule has 2 N–H and O–H groups in total. The third kappa shape index (κ3) is 4.56. The highest BCUT2D eigenvalue weighted by atomic mass is 35.5. The molecule has 0 aliphatic carbocycles. The normalized spacial score (nSPS) is 14.9. The van der Waals surface area contributed by atoms with Crippen LogP contribution in [0.5, 0.6) is 0 Å². The number of halogens is 2. The lowest BCUT2D eigenvalue weighted by molar-refractivity contribution is -0.117. The van der Waals surface area contributed by atoms with E-state index in [1.54, 1.807) is 18.2 Å². The Balaban J connectivity index is 1.31. The van der Waals surface area contributed by atoms with Gasteiger partial charge in [0.05, 0.1) is 17.3 Å². The van der Waals surface area contributed by atoms with Crippen molar-refractivity contribution in [1.29, 1.82) is 0 Å². The van der Waals surface area contributed by atoms with Gasteiger partial charge in [0.1, 0.15) is 5.69 Å². The minimum atomic E-state index is -0.162. The molecule has 29 heavy (non-hydrogen) atoms. The van der Waals surface area contributed by atoms with E-state index >= 15 is 0 Å². The molecule has 150 valence electrons. The van der Waals surface area contributed by atoms with Crippen LogP contribution in [0.25, 0.3) is 10.9 Å². The third-order valence-corrected chi connectivity index (χ3v) is 5.55. The number of H-pyrrole nitrogens is 1. The molecule has 2 amide bonds. The van der Waals surface area contributed by atoms with E-state index in [0.29, 0.717) is 47.6 Å². The number of para-hydroxylation sites is 1. The van der Waals surface area contributed by atoms with Crippen molar-refractivity contribution in [3.05, 3.63) is 64.3 Å². The maximum Gasteiger partial charge on any atom is 0.270 e. The second-order valence-electron chi connectivity index (χ2n) is 7.01. The number of anilines is 1. The van der Waals surface area contributed by atoms with E-state index in [0.717, 1.165) is 10.9 Å². The number of fused-ring (bicyclic) bond motifs is 1. The van der Waals surface area contributed by atoms with Crippen molar-refractivity contribution in [3.8, 4) is 0 Å². The summed E-state index contributed by atoms with van der Waals surface area (Å²) in [6.45, 7) is 2.63.